The van der Waals surface area contributed by atoms with Crippen LogP contribution in [0.4, 0.5) is 19.6 Å². The number of halogens is 2. The Bertz CT molecular complexity index is 2630. The summed E-state index contributed by atoms with van der Waals surface area (Å²) in [6, 6.07) is 23.1. The van der Waals surface area contributed by atoms with E-state index in [9.17, 15) is 32.8 Å². The highest BCUT2D eigenvalue weighted by molar-refractivity contribution is 7.23. The van der Waals surface area contributed by atoms with Gasteiger partial charge in [0, 0.05) is 48.4 Å². The van der Waals surface area contributed by atoms with Gasteiger partial charge in [0.05, 0.1) is 16.1 Å². The predicted octanol–water partition coefficient (Wildman–Crippen LogP) is 7.27. The van der Waals surface area contributed by atoms with Gasteiger partial charge < -0.3 is 35.2 Å². The molecule has 3 aromatic carbocycles. The molecule has 2 aliphatic heterocycles. The van der Waals surface area contributed by atoms with Crippen LogP contribution in [0.15, 0.2) is 91.5 Å². The van der Waals surface area contributed by atoms with E-state index in [1.165, 1.54) is 34.4 Å². The summed E-state index contributed by atoms with van der Waals surface area (Å²) in [7, 11) is 0. The van der Waals surface area contributed by atoms with Crippen molar-refractivity contribution >= 4 is 61.8 Å². The van der Waals surface area contributed by atoms with E-state index >= 15 is 0 Å². The number of hydrogen-bond acceptors (Lipinski definition) is 9. The number of carbonyl (C=O) groups is 5. The first-order valence-electron chi connectivity index (χ1n) is 20.9. The molecular formula is C47H46F2N6O7S. The number of amides is 5. The highest BCUT2D eigenvalue weighted by atomic mass is 32.1. The topological polar surface area (TPSA) is 159 Å². The lowest BCUT2D eigenvalue weighted by Gasteiger charge is -2.32. The molecule has 16 heteroatoms. The maximum Gasteiger partial charge on any atom is 0.586 e. The molecule has 1 aliphatic carbocycles. The van der Waals surface area contributed by atoms with Gasteiger partial charge in [-0.25, -0.2) is 4.98 Å². The van der Waals surface area contributed by atoms with Crippen LogP contribution in [0.1, 0.15) is 65.6 Å². The molecule has 2 aromatic heterocycles. The van der Waals surface area contributed by atoms with Crippen LogP contribution in [0.25, 0.3) is 21.3 Å². The fourth-order valence-corrected chi connectivity index (χ4v) is 8.93. The number of fused-ring (bicyclic) bond motifs is 2. The van der Waals surface area contributed by atoms with Crippen LogP contribution >= 0.6 is 11.3 Å². The van der Waals surface area contributed by atoms with Crippen LogP contribution in [0.3, 0.4) is 0 Å². The molecule has 63 heavy (non-hydrogen) atoms. The first kappa shape index (κ1) is 43.0. The second-order valence-electron chi connectivity index (χ2n) is 15.9. The van der Waals surface area contributed by atoms with Crippen LogP contribution < -0.4 is 30.3 Å². The molecule has 326 valence electrons. The first-order valence-corrected chi connectivity index (χ1v) is 21.7. The summed E-state index contributed by atoms with van der Waals surface area (Å²) in [5.41, 5.74) is 3.29. The van der Waals surface area contributed by atoms with Gasteiger partial charge in [-0.05, 0) is 116 Å². The zero-order chi connectivity index (χ0) is 44.3. The summed E-state index contributed by atoms with van der Waals surface area (Å²) in [6.45, 7) is 7.30. The van der Waals surface area contributed by atoms with Gasteiger partial charge in [-0.3, -0.25) is 24.0 Å². The molecule has 0 atom stereocenters. The second kappa shape index (κ2) is 18.0. The number of thiophene rings is 1. The highest BCUT2D eigenvalue weighted by Crippen LogP contribution is 2.52. The minimum absolute atomic E-state index is 0.0293. The van der Waals surface area contributed by atoms with Crippen molar-refractivity contribution in [3.63, 3.8) is 0 Å². The lowest BCUT2D eigenvalue weighted by atomic mass is 9.94. The third-order valence-corrected chi connectivity index (χ3v) is 12.7. The van der Waals surface area contributed by atoms with Crippen LogP contribution in [-0.4, -0.2) is 78.4 Å². The van der Waals surface area contributed by atoms with Gasteiger partial charge in [0.1, 0.15) is 12.4 Å². The van der Waals surface area contributed by atoms with Gasteiger partial charge in [0.2, 0.25) is 23.6 Å². The number of aromatic nitrogens is 1. The van der Waals surface area contributed by atoms with Gasteiger partial charge in [-0.1, -0.05) is 43.0 Å². The zero-order valence-corrected chi connectivity index (χ0v) is 35.5. The molecule has 0 bridgehead atoms. The summed E-state index contributed by atoms with van der Waals surface area (Å²) in [4.78, 5) is 71.9. The molecule has 13 nitrogen and oxygen atoms in total. The number of benzene rings is 3. The Kier molecular flexibility index (Phi) is 12.3. The third-order valence-electron chi connectivity index (χ3n) is 11.5. The van der Waals surface area contributed by atoms with E-state index in [1.54, 1.807) is 35.2 Å². The Morgan fingerprint density at radius 1 is 0.905 bits per heavy atom. The van der Waals surface area contributed by atoms with E-state index in [1.807, 2.05) is 37.3 Å². The van der Waals surface area contributed by atoms with Crippen LogP contribution in [0.2, 0.25) is 0 Å². The van der Waals surface area contributed by atoms with E-state index in [4.69, 9.17) is 4.98 Å². The maximum atomic E-state index is 13.6. The van der Waals surface area contributed by atoms with Gasteiger partial charge in [-0.2, -0.15) is 0 Å². The molecule has 4 heterocycles. The third kappa shape index (κ3) is 9.70. The van der Waals surface area contributed by atoms with Gasteiger partial charge in [0.15, 0.2) is 11.5 Å². The summed E-state index contributed by atoms with van der Waals surface area (Å²) < 4.78 is 37.3. The monoisotopic (exact) mass is 876 g/mol. The number of alkyl halides is 2. The number of hydrogen-bond donors (Lipinski definition) is 3. The van der Waals surface area contributed by atoms with Crippen LogP contribution in [-0.2, 0) is 31.0 Å². The number of pyridine rings is 1. The number of nitrogens with zero attached hydrogens (tertiary/aromatic N) is 3. The van der Waals surface area contributed by atoms with Crippen molar-refractivity contribution in [3.8, 4) is 22.8 Å². The average molecular weight is 877 g/mol. The van der Waals surface area contributed by atoms with Crippen molar-refractivity contribution in [1.29, 1.82) is 0 Å². The smallest absolute Gasteiger partial charge is 0.395 e. The second-order valence-corrected chi connectivity index (χ2v) is 17.0. The lowest BCUT2D eigenvalue weighted by Crippen LogP contribution is -2.51. The standard InChI is InChI=1S/C47H46F2N6O7S/c1-3-40(57)54-22-23-55(41(58)28-54)42-26-33-24-30(11-15-37(33)63-42)12-17-39(56)50-20-5-4-6-21-51-44(59)32-9-7-8-31(25-32)43-29(2)10-16-38(52-43)53-45(60)46(18-19-46)34-13-14-35-36(27-34)62-47(48,49)61-35/h3,7-11,13-16,24-27H,1,4-6,12,17-23,28H2,2H3,(H,50,56)(H,51,59)(H,52,53,60). The predicted molar refractivity (Wildman–Crippen MR) is 235 cm³/mol. The molecule has 0 spiro atoms. The molecule has 3 N–H and O–H groups in total. The Labute approximate surface area is 366 Å². The van der Waals surface area contributed by atoms with Crippen molar-refractivity contribution < 1.29 is 42.2 Å². The molecule has 5 amide bonds. The molecule has 0 radical (unpaired) electrons. The molecule has 0 unspecified atom stereocenters. The van der Waals surface area contributed by atoms with Gasteiger partial charge >= 0.3 is 6.29 Å². The molecule has 8 rings (SSSR count). The van der Waals surface area contributed by atoms with Crippen LogP contribution in [0.5, 0.6) is 11.5 Å². The van der Waals surface area contributed by atoms with Gasteiger partial charge in [0.25, 0.3) is 5.91 Å². The van der Waals surface area contributed by atoms with E-state index in [0.717, 1.165) is 45.5 Å². The fourth-order valence-electron chi connectivity index (χ4n) is 7.85. The molecule has 1 saturated carbocycles. The summed E-state index contributed by atoms with van der Waals surface area (Å²) >= 11 is 1.53. The number of anilines is 2. The van der Waals surface area contributed by atoms with Crippen molar-refractivity contribution in [2.24, 2.45) is 0 Å². The Morgan fingerprint density at radius 3 is 2.48 bits per heavy atom. The first-order chi connectivity index (χ1) is 30.3. The average Bonchev–Trinajstić information content (AvgIpc) is 3.88. The fraction of sp³-hybridized carbons (Fsp3) is 0.319. The molecule has 2 fully saturated rings. The van der Waals surface area contributed by atoms with Crippen molar-refractivity contribution in [2.75, 3.05) is 42.9 Å². The largest absolute Gasteiger partial charge is 0.586 e. The minimum Gasteiger partial charge on any atom is -0.395 e. The number of unbranched alkanes of at least 4 members (excludes halogenated alkanes) is 2. The van der Waals surface area contributed by atoms with E-state index in [-0.39, 0.29) is 47.6 Å². The molecule has 3 aliphatic rings. The summed E-state index contributed by atoms with van der Waals surface area (Å²) in [5.74, 6) is -0.813. The lowest BCUT2D eigenvalue weighted by molar-refractivity contribution is -0.286. The van der Waals surface area contributed by atoms with E-state index in [0.29, 0.717) is 80.1 Å². The van der Waals surface area contributed by atoms with E-state index < -0.39 is 11.7 Å². The number of aryl methyl sites for hydroxylation is 2. The molecule has 1 saturated heterocycles. The normalized spacial score (nSPS) is 15.8. The number of carbonyl (C=O) groups excluding carboxylic acids is 5. The Balaban J connectivity index is 0.752. The molecular weight excluding hydrogens is 831 g/mol. The van der Waals surface area contributed by atoms with E-state index in [2.05, 4.69) is 38.1 Å². The van der Waals surface area contributed by atoms with Crippen molar-refractivity contribution in [3.05, 3.63) is 114 Å². The summed E-state index contributed by atoms with van der Waals surface area (Å²) in [5, 5.41) is 10.7. The number of ether oxygens (including phenoxy) is 2. The Morgan fingerprint density at radius 2 is 1.70 bits per heavy atom. The SMILES string of the molecule is C=CC(=O)N1CCN(c2cc3cc(CCC(=O)NCCCCCNC(=O)c4cccc(-c5nc(NC(=O)C6(c7ccc8c(c7)OC(F)(F)O8)CC6)ccc5C)c4)ccc3s2)C(=O)C1. The number of rotatable bonds is 16. The van der Waals surface area contributed by atoms with Crippen molar-refractivity contribution in [2.45, 2.75) is 63.6 Å². The van der Waals surface area contributed by atoms with Crippen molar-refractivity contribution in [1.82, 2.24) is 20.5 Å². The Hall–Kier alpha value is -6.68. The summed E-state index contributed by atoms with van der Waals surface area (Å²) in [6.07, 6.45) is 1.80. The molecule has 5 aromatic rings. The number of nitrogens with one attached hydrogen (secondary N) is 3. The minimum atomic E-state index is -3.75. The highest BCUT2D eigenvalue weighted by Gasteiger charge is 2.53. The maximum absolute atomic E-state index is 13.6. The number of piperazine rings is 1. The zero-order valence-electron chi connectivity index (χ0n) is 34.6. The van der Waals surface area contributed by atoms with Crippen LogP contribution in [0, 0.1) is 6.92 Å². The van der Waals surface area contributed by atoms with Gasteiger partial charge in [-0.15, -0.1) is 20.1 Å². The quantitative estimate of drug-likeness (QED) is 0.0690.